The van der Waals surface area contributed by atoms with E-state index >= 15 is 0 Å². The molecule has 138 valence electrons. The van der Waals surface area contributed by atoms with Gasteiger partial charge in [0.15, 0.2) is 0 Å². The van der Waals surface area contributed by atoms with Gasteiger partial charge in [-0.05, 0) is 43.5 Å². The lowest BCUT2D eigenvalue weighted by Gasteiger charge is -2.26. The van der Waals surface area contributed by atoms with Crippen LogP contribution in [0.4, 0.5) is 0 Å². The van der Waals surface area contributed by atoms with Crippen LogP contribution in [0.2, 0.25) is 0 Å². The topological polar surface area (TPSA) is 66.9 Å². The van der Waals surface area contributed by atoms with Crippen molar-refractivity contribution in [3.05, 3.63) is 29.8 Å². The van der Waals surface area contributed by atoms with Crippen LogP contribution in [0.3, 0.4) is 0 Å². The minimum atomic E-state index is -3.61. The molecule has 0 aliphatic carbocycles. The minimum Gasteiger partial charge on any atom is -0.495 e. The summed E-state index contributed by atoms with van der Waals surface area (Å²) in [7, 11) is -0.434. The van der Waals surface area contributed by atoms with Gasteiger partial charge in [0.05, 0.1) is 7.11 Å². The highest BCUT2D eigenvalue weighted by molar-refractivity contribution is 7.89. The Hall–Kier alpha value is -1.86. The highest BCUT2D eigenvalue weighted by Crippen LogP contribution is 2.29. The lowest BCUT2D eigenvalue weighted by Crippen LogP contribution is -2.35. The summed E-state index contributed by atoms with van der Waals surface area (Å²) < 4.78 is 32.7. The number of carbonyl (C=O) groups is 1. The normalized spacial score (nSPS) is 16.1. The first-order chi connectivity index (χ1) is 11.9. The molecule has 0 aromatic heterocycles. The Bertz CT molecular complexity index is 737. The van der Waals surface area contributed by atoms with Crippen molar-refractivity contribution in [2.24, 2.45) is 0 Å². The summed E-state index contributed by atoms with van der Waals surface area (Å²) in [4.78, 5) is 13.6. The monoisotopic (exact) mass is 366 g/mol. The van der Waals surface area contributed by atoms with Gasteiger partial charge in [-0.3, -0.25) is 4.79 Å². The molecule has 1 fully saturated rings. The average molecular weight is 366 g/mol. The number of piperidine rings is 1. The van der Waals surface area contributed by atoms with E-state index in [9.17, 15) is 13.2 Å². The summed E-state index contributed by atoms with van der Waals surface area (Å²) in [5.74, 6) is 0.193. The van der Waals surface area contributed by atoms with Gasteiger partial charge in [-0.15, -0.1) is 0 Å². The first-order valence-electron chi connectivity index (χ1n) is 8.51. The second-order valence-electron chi connectivity index (χ2n) is 6.06. The average Bonchev–Trinajstić information content (AvgIpc) is 2.65. The van der Waals surface area contributed by atoms with Gasteiger partial charge in [-0.1, -0.05) is 12.5 Å². The largest absolute Gasteiger partial charge is 0.495 e. The van der Waals surface area contributed by atoms with E-state index in [1.165, 1.54) is 17.5 Å². The molecule has 0 radical (unpaired) electrons. The number of ether oxygens (including phenoxy) is 1. The number of carbonyl (C=O) groups excluding carboxylic acids is 1. The van der Waals surface area contributed by atoms with Crippen molar-refractivity contribution in [3.63, 3.8) is 0 Å². The van der Waals surface area contributed by atoms with Crippen LogP contribution >= 0.6 is 0 Å². The number of hydrogen-bond donors (Lipinski definition) is 0. The van der Waals surface area contributed by atoms with E-state index in [0.717, 1.165) is 19.3 Å². The Morgan fingerprint density at radius 2 is 1.96 bits per heavy atom. The molecule has 1 saturated heterocycles. The van der Waals surface area contributed by atoms with E-state index < -0.39 is 10.0 Å². The summed E-state index contributed by atoms with van der Waals surface area (Å²) in [5, 5.41) is 0. The first kappa shape index (κ1) is 19.5. The number of sulfonamides is 1. The van der Waals surface area contributed by atoms with Crippen LogP contribution in [-0.2, 0) is 14.8 Å². The number of nitrogens with zero attached hydrogens (tertiary/aromatic N) is 2. The number of benzene rings is 1. The molecule has 0 unspecified atom stereocenters. The molecular weight excluding hydrogens is 340 g/mol. The molecule has 1 heterocycles. The molecule has 0 atom stereocenters. The van der Waals surface area contributed by atoms with Gasteiger partial charge < -0.3 is 9.64 Å². The Morgan fingerprint density at radius 3 is 2.56 bits per heavy atom. The van der Waals surface area contributed by atoms with E-state index in [1.807, 2.05) is 6.92 Å². The molecule has 0 N–H and O–H groups in total. The molecule has 1 aromatic carbocycles. The zero-order valence-corrected chi connectivity index (χ0v) is 15.9. The number of likely N-dealkylation sites (N-methyl/N-ethyl adjacent to an activating group) is 1. The molecule has 0 bridgehead atoms. The number of methoxy groups -OCH3 is 1. The molecule has 25 heavy (non-hydrogen) atoms. The lowest BCUT2D eigenvalue weighted by molar-refractivity contribution is -0.124. The van der Waals surface area contributed by atoms with E-state index in [0.29, 0.717) is 30.9 Å². The SMILES string of the molecule is CCN(C)C(=O)/C=C/c1ccc(OC)c(S(=O)(=O)N2CCCCC2)c1. The Morgan fingerprint density at radius 1 is 1.28 bits per heavy atom. The van der Waals surface area contributed by atoms with Crippen LogP contribution < -0.4 is 4.74 Å². The van der Waals surface area contributed by atoms with Gasteiger partial charge in [0.25, 0.3) is 0 Å². The van der Waals surface area contributed by atoms with Crippen molar-refractivity contribution in [1.29, 1.82) is 0 Å². The summed E-state index contributed by atoms with van der Waals surface area (Å²) >= 11 is 0. The van der Waals surface area contributed by atoms with Gasteiger partial charge in [-0.25, -0.2) is 8.42 Å². The highest BCUT2D eigenvalue weighted by atomic mass is 32.2. The summed E-state index contributed by atoms with van der Waals surface area (Å²) in [5.41, 5.74) is 0.647. The van der Waals surface area contributed by atoms with Crippen LogP contribution in [0, 0.1) is 0 Å². The Kier molecular flexibility index (Phi) is 6.61. The first-order valence-corrected chi connectivity index (χ1v) is 9.95. The third kappa shape index (κ3) is 4.61. The van der Waals surface area contributed by atoms with Crippen molar-refractivity contribution >= 4 is 22.0 Å². The fraction of sp³-hybridized carbons (Fsp3) is 0.500. The number of amides is 1. The molecule has 1 aromatic rings. The summed E-state index contributed by atoms with van der Waals surface area (Å²) in [6.07, 6.45) is 5.88. The fourth-order valence-corrected chi connectivity index (χ4v) is 4.40. The predicted octanol–water partition coefficient (Wildman–Crippen LogP) is 2.36. The lowest BCUT2D eigenvalue weighted by atomic mass is 10.2. The maximum atomic E-state index is 13.0. The molecule has 7 heteroatoms. The maximum absolute atomic E-state index is 13.0. The minimum absolute atomic E-state index is 0.126. The van der Waals surface area contributed by atoms with Gasteiger partial charge in [-0.2, -0.15) is 4.31 Å². The van der Waals surface area contributed by atoms with Gasteiger partial charge in [0, 0.05) is 32.8 Å². The zero-order valence-electron chi connectivity index (χ0n) is 15.1. The maximum Gasteiger partial charge on any atom is 0.246 e. The van der Waals surface area contributed by atoms with Crippen LogP contribution in [0.15, 0.2) is 29.2 Å². The van der Waals surface area contributed by atoms with E-state index in [2.05, 4.69) is 0 Å². The quantitative estimate of drug-likeness (QED) is 0.725. The molecule has 6 nitrogen and oxygen atoms in total. The fourth-order valence-electron chi connectivity index (χ4n) is 2.69. The smallest absolute Gasteiger partial charge is 0.246 e. The van der Waals surface area contributed by atoms with E-state index in [1.54, 1.807) is 36.2 Å². The van der Waals surface area contributed by atoms with Gasteiger partial charge in [0.2, 0.25) is 15.9 Å². The molecular formula is C18H26N2O4S. The Labute approximate surface area is 150 Å². The van der Waals surface area contributed by atoms with E-state index in [-0.39, 0.29) is 10.8 Å². The van der Waals surface area contributed by atoms with Crippen LogP contribution in [0.25, 0.3) is 6.08 Å². The van der Waals surface area contributed by atoms with Gasteiger partial charge >= 0.3 is 0 Å². The van der Waals surface area contributed by atoms with E-state index in [4.69, 9.17) is 4.74 Å². The standard InChI is InChI=1S/C18H26N2O4S/c1-4-19(2)18(21)11-9-15-8-10-16(24-3)17(14-15)25(22,23)20-12-6-5-7-13-20/h8-11,14H,4-7,12-13H2,1-3H3/b11-9+. The van der Waals surface area contributed by atoms with Crippen molar-refractivity contribution in [2.45, 2.75) is 31.1 Å². The van der Waals surface area contributed by atoms with Crippen molar-refractivity contribution in [3.8, 4) is 5.75 Å². The highest BCUT2D eigenvalue weighted by Gasteiger charge is 2.28. The van der Waals surface area contributed by atoms with Crippen LogP contribution in [-0.4, -0.2) is 57.3 Å². The molecule has 1 aliphatic heterocycles. The van der Waals surface area contributed by atoms with Crippen LogP contribution in [0.1, 0.15) is 31.7 Å². The van der Waals surface area contributed by atoms with Gasteiger partial charge in [0.1, 0.15) is 10.6 Å². The molecule has 2 rings (SSSR count). The second kappa shape index (κ2) is 8.49. The second-order valence-corrected chi connectivity index (χ2v) is 7.97. The molecule has 1 amide bonds. The summed E-state index contributed by atoms with van der Waals surface area (Å²) in [6.45, 7) is 3.57. The van der Waals surface area contributed by atoms with Crippen molar-refractivity contribution in [1.82, 2.24) is 9.21 Å². The molecule has 0 saturated carbocycles. The number of hydrogen-bond acceptors (Lipinski definition) is 4. The molecule has 1 aliphatic rings. The van der Waals surface area contributed by atoms with Crippen molar-refractivity contribution in [2.75, 3.05) is 33.8 Å². The third-order valence-electron chi connectivity index (χ3n) is 4.39. The Balaban J connectivity index is 2.34. The van der Waals surface area contributed by atoms with Crippen molar-refractivity contribution < 1.29 is 17.9 Å². The predicted molar refractivity (Wildman–Crippen MR) is 97.9 cm³/mol. The summed E-state index contributed by atoms with van der Waals surface area (Å²) in [6, 6.07) is 4.94. The van der Waals surface area contributed by atoms with Crippen LogP contribution in [0.5, 0.6) is 5.75 Å². The molecule has 0 spiro atoms. The third-order valence-corrected chi connectivity index (χ3v) is 6.31. The number of rotatable bonds is 6. The zero-order chi connectivity index (χ0) is 18.4.